The van der Waals surface area contributed by atoms with E-state index >= 15 is 0 Å². The molecule has 0 fully saturated rings. The fourth-order valence-electron chi connectivity index (χ4n) is 1.71. The molecule has 0 aliphatic heterocycles. The van der Waals surface area contributed by atoms with Crippen LogP contribution in [0.2, 0.25) is 0 Å². The highest BCUT2D eigenvalue weighted by atomic mass is 79.9. The lowest BCUT2D eigenvalue weighted by molar-refractivity contribution is -0.140. The molecule has 0 spiro atoms. The topological polar surface area (TPSA) is 0 Å². The molecule has 0 nitrogen and oxygen atoms in total. The summed E-state index contributed by atoms with van der Waals surface area (Å²) in [7, 11) is 0. The van der Waals surface area contributed by atoms with Crippen molar-refractivity contribution in [2.75, 3.05) is 0 Å². The van der Waals surface area contributed by atoms with Crippen LogP contribution < -0.4 is 0 Å². The molecule has 2 aromatic rings. The van der Waals surface area contributed by atoms with E-state index in [2.05, 4.69) is 15.9 Å². The zero-order valence-corrected chi connectivity index (χ0v) is 12.2. The Labute approximate surface area is 120 Å². The fourth-order valence-corrected chi connectivity index (χ4v) is 3.37. The van der Waals surface area contributed by atoms with Gasteiger partial charge in [-0.05, 0) is 25.1 Å². The van der Waals surface area contributed by atoms with Crippen molar-refractivity contribution in [2.24, 2.45) is 0 Å². The van der Waals surface area contributed by atoms with Gasteiger partial charge >= 0.3 is 6.18 Å². The van der Waals surface area contributed by atoms with Gasteiger partial charge in [-0.2, -0.15) is 13.2 Å². The van der Waals surface area contributed by atoms with Crippen LogP contribution >= 0.6 is 27.3 Å². The summed E-state index contributed by atoms with van der Waals surface area (Å²) in [6.45, 7) is 1.89. The molecule has 0 saturated heterocycles. The Kier molecular flexibility index (Phi) is 4.01. The first-order valence-electron chi connectivity index (χ1n) is 5.36. The molecule has 6 heteroatoms. The Bertz CT molecular complexity index is 589. The lowest BCUT2D eigenvalue weighted by atomic mass is 10.1. The van der Waals surface area contributed by atoms with Crippen molar-refractivity contribution in [3.05, 3.63) is 57.0 Å². The van der Waals surface area contributed by atoms with Crippen molar-refractivity contribution in [3.63, 3.8) is 0 Å². The normalized spacial score (nSPS) is 13.6. The molecule has 19 heavy (non-hydrogen) atoms. The summed E-state index contributed by atoms with van der Waals surface area (Å²) in [6.07, 6.45) is -4.68. The minimum absolute atomic E-state index is 0.00308. The lowest BCUT2D eigenvalue weighted by Gasteiger charge is -2.14. The van der Waals surface area contributed by atoms with E-state index in [1.807, 2.05) is 13.0 Å². The Balaban J connectivity index is 2.46. The smallest absolute Gasteiger partial charge is 0.206 e. The molecule has 0 amide bonds. The van der Waals surface area contributed by atoms with Crippen LogP contribution in [0.25, 0.3) is 0 Å². The van der Waals surface area contributed by atoms with Crippen molar-refractivity contribution in [1.82, 2.24) is 0 Å². The fraction of sp³-hybridized carbons (Fsp3) is 0.231. The van der Waals surface area contributed by atoms with E-state index < -0.39 is 22.4 Å². The first-order valence-corrected chi connectivity index (χ1v) is 7.10. The van der Waals surface area contributed by atoms with Gasteiger partial charge in [0.05, 0.1) is 10.4 Å². The predicted molar refractivity (Wildman–Crippen MR) is 71.2 cm³/mol. The second-order valence-electron chi connectivity index (χ2n) is 4.02. The maximum atomic E-state index is 14.0. The van der Waals surface area contributed by atoms with Gasteiger partial charge in [0, 0.05) is 15.3 Å². The van der Waals surface area contributed by atoms with Crippen LogP contribution in [0.5, 0.6) is 0 Å². The highest BCUT2D eigenvalue weighted by molar-refractivity contribution is 9.09. The van der Waals surface area contributed by atoms with Gasteiger partial charge in [-0.25, -0.2) is 4.39 Å². The molecule has 102 valence electrons. The second-order valence-corrected chi connectivity index (χ2v) is 6.25. The number of rotatable bonds is 2. The van der Waals surface area contributed by atoms with Crippen LogP contribution in [-0.4, -0.2) is 0 Å². The maximum Gasteiger partial charge on any atom is 0.419 e. The average Bonchev–Trinajstić information content (AvgIpc) is 2.74. The summed E-state index contributed by atoms with van der Waals surface area (Å²) in [5.74, 6) is -1.22. The third-order valence-corrected chi connectivity index (χ3v) is 4.97. The van der Waals surface area contributed by atoms with E-state index in [9.17, 15) is 17.6 Å². The van der Waals surface area contributed by atoms with Gasteiger partial charge in [0.25, 0.3) is 0 Å². The third-order valence-electron chi connectivity index (χ3n) is 2.62. The monoisotopic (exact) mass is 352 g/mol. The predicted octanol–water partition coefficient (Wildman–Crippen LogP) is 5.70. The molecule has 2 rings (SSSR count). The second kappa shape index (κ2) is 5.25. The van der Waals surface area contributed by atoms with Crippen LogP contribution in [0.15, 0.2) is 30.3 Å². The first-order chi connectivity index (χ1) is 8.80. The van der Waals surface area contributed by atoms with E-state index in [1.54, 1.807) is 6.07 Å². The summed E-state index contributed by atoms with van der Waals surface area (Å²) >= 11 is 4.68. The van der Waals surface area contributed by atoms with Crippen molar-refractivity contribution in [3.8, 4) is 0 Å². The van der Waals surface area contributed by atoms with Gasteiger partial charge in [-0.15, -0.1) is 11.3 Å². The van der Waals surface area contributed by atoms with Crippen LogP contribution in [0.1, 0.15) is 25.7 Å². The molecule has 0 bridgehead atoms. The molecular weight excluding hydrogens is 344 g/mol. The highest BCUT2D eigenvalue weighted by Gasteiger charge is 2.35. The summed E-state index contributed by atoms with van der Waals surface area (Å²) in [6, 6.07) is 6.95. The van der Waals surface area contributed by atoms with Gasteiger partial charge in [0.15, 0.2) is 0 Å². The summed E-state index contributed by atoms with van der Waals surface area (Å²) in [4.78, 5) is 1.22. The van der Waals surface area contributed by atoms with Gasteiger partial charge in [0.2, 0.25) is 0 Å². The van der Waals surface area contributed by atoms with E-state index in [4.69, 9.17) is 0 Å². The van der Waals surface area contributed by atoms with Gasteiger partial charge in [-0.3, -0.25) is 0 Å². The first kappa shape index (κ1) is 14.5. The minimum Gasteiger partial charge on any atom is -0.206 e. The summed E-state index contributed by atoms with van der Waals surface area (Å²) in [5, 5.41) is 0. The maximum absolute atomic E-state index is 14.0. The zero-order chi connectivity index (χ0) is 14.2. The van der Waals surface area contributed by atoms with Crippen molar-refractivity contribution in [1.29, 1.82) is 0 Å². The molecule has 0 aliphatic carbocycles. The van der Waals surface area contributed by atoms with Gasteiger partial charge in [0.1, 0.15) is 5.82 Å². The molecule has 1 aromatic carbocycles. The Hall–Kier alpha value is -0.880. The number of hydrogen-bond donors (Lipinski definition) is 0. The average molecular weight is 353 g/mol. The largest absolute Gasteiger partial charge is 0.419 e. The molecule has 0 aliphatic rings. The number of halogens is 5. The van der Waals surface area contributed by atoms with Crippen LogP contribution in [-0.2, 0) is 6.18 Å². The van der Waals surface area contributed by atoms with Gasteiger partial charge < -0.3 is 0 Å². The van der Waals surface area contributed by atoms with E-state index in [0.717, 1.165) is 15.8 Å². The lowest BCUT2D eigenvalue weighted by Crippen LogP contribution is -2.10. The van der Waals surface area contributed by atoms with Crippen molar-refractivity contribution < 1.29 is 17.6 Å². The summed E-state index contributed by atoms with van der Waals surface area (Å²) in [5.41, 5.74) is -1.24. The Morgan fingerprint density at radius 2 is 1.84 bits per heavy atom. The third kappa shape index (κ3) is 3.00. The number of thiophene rings is 1. The Morgan fingerprint density at radius 1 is 1.16 bits per heavy atom. The SMILES string of the molecule is Cc1ccc(C(Br)c2cccc(C(F)(F)F)c2F)s1. The molecule has 1 aromatic heterocycles. The van der Waals surface area contributed by atoms with Crippen LogP contribution in [0.3, 0.4) is 0 Å². The molecular formula is C13H9BrF4S. The number of alkyl halides is 4. The molecule has 0 N–H and O–H groups in total. The standard InChI is InChI=1S/C13H9BrF4S/c1-7-5-6-10(19-7)11(14)8-3-2-4-9(12(8)15)13(16,17)18/h2-6,11H,1H3. The number of benzene rings is 1. The molecule has 1 unspecified atom stereocenters. The van der Waals surface area contributed by atoms with Crippen molar-refractivity contribution >= 4 is 27.3 Å². The number of hydrogen-bond acceptors (Lipinski definition) is 1. The van der Waals surface area contributed by atoms with E-state index in [1.165, 1.54) is 23.5 Å². The zero-order valence-electron chi connectivity index (χ0n) is 9.76. The molecule has 0 saturated carbocycles. The van der Waals surface area contributed by atoms with E-state index in [-0.39, 0.29) is 5.56 Å². The molecule has 0 radical (unpaired) electrons. The Morgan fingerprint density at radius 3 is 2.37 bits per heavy atom. The number of aryl methyl sites for hydroxylation is 1. The molecule has 1 heterocycles. The molecule has 1 atom stereocenters. The van der Waals surface area contributed by atoms with Crippen LogP contribution in [0, 0.1) is 12.7 Å². The van der Waals surface area contributed by atoms with Crippen LogP contribution in [0.4, 0.5) is 17.6 Å². The highest BCUT2D eigenvalue weighted by Crippen LogP contribution is 2.40. The minimum atomic E-state index is -4.68. The quantitative estimate of drug-likeness (QED) is 0.480. The van der Waals surface area contributed by atoms with Crippen molar-refractivity contribution in [2.45, 2.75) is 17.9 Å². The van der Waals surface area contributed by atoms with E-state index in [0.29, 0.717) is 0 Å². The van der Waals surface area contributed by atoms with Gasteiger partial charge in [-0.1, -0.05) is 28.1 Å². The summed E-state index contributed by atoms with van der Waals surface area (Å²) < 4.78 is 51.9.